The zero-order chi connectivity index (χ0) is 15.6. The molecule has 0 saturated heterocycles. The third-order valence-electron chi connectivity index (χ3n) is 3.93. The third kappa shape index (κ3) is 3.36. The largest absolute Gasteiger partial charge is 0.508 e. The summed E-state index contributed by atoms with van der Waals surface area (Å²) in [4.78, 5) is 11.2. The smallest absolute Gasteiger partial charge is 0.307 e. The van der Waals surface area contributed by atoms with Crippen LogP contribution in [0.2, 0.25) is 0 Å². The van der Waals surface area contributed by atoms with Crippen molar-refractivity contribution in [2.75, 3.05) is 7.05 Å². The van der Waals surface area contributed by atoms with E-state index in [9.17, 15) is 18.3 Å². The molecule has 7 heteroatoms. The summed E-state index contributed by atoms with van der Waals surface area (Å²) in [5.41, 5.74) is 0.740. The van der Waals surface area contributed by atoms with E-state index in [4.69, 9.17) is 5.11 Å². The van der Waals surface area contributed by atoms with Gasteiger partial charge in [-0.2, -0.15) is 0 Å². The normalized spacial score (nSPS) is 22.6. The van der Waals surface area contributed by atoms with E-state index < -0.39 is 27.2 Å². The van der Waals surface area contributed by atoms with Gasteiger partial charge in [-0.1, -0.05) is 18.6 Å². The molecule has 0 amide bonds. The zero-order valence-electron chi connectivity index (χ0n) is 11.8. The second-order valence-corrected chi connectivity index (χ2v) is 7.64. The molecule has 6 nitrogen and oxygen atoms in total. The van der Waals surface area contributed by atoms with E-state index in [0.29, 0.717) is 19.3 Å². The first-order valence-electron chi connectivity index (χ1n) is 6.78. The number of hydrogen-bond acceptors (Lipinski definition) is 4. The average Bonchev–Trinajstić information content (AvgIpc) is 2.91. The minimum absolute atomic E-state index is 0.117. The number of sulfonamides is 1. The summed E-state index contributed by atoms with van der Waals surface area (Å²) in [5.74, 6) is -1.75. The number of aromatic hydroxyl groups is 1. The van der Waals surface area contributed by atoms with Crippen molar-refractivity contribution in [1.82, 2.24) is 4.31 Å². The van der Waals surface area contributed by atoms with Gasteiger partial charge in [0, 0.05) is 13.6 Å². The molecule has 2 N–H and O–H groups in total. The lowest BCUT2D eigenvalue weighted by molar-refractivity contribution is -0.141. The highest BCUT2D eigenvalue weighted by molar-refractivity contribution is 7.89. The highest BCUT2D eigenvalue weighted by atomic mass is 32.2. The molecule has 116 valence electrons. The van der Waals surface area contributed by atoms with Gasteiger partial charge in [0.25, 0.3) is 0 Å². The van der Waals surface area contributed by atoms with Gasteiger partial charge >= 0.3 is 5.97 Å². The Bertz CT molecular complexity index is 611. The van der Waals surface area contributed by atoms with Crippen LogP contribution in [0.1, 0.15) is 24.8 Å². The molecule has 1 aliphatic rings. The molecular weight excluding hydrogens is 294 g/mol. The molecule has 21 heavy (non-hydrogen) atoms. The lowest BCUT2D eigenvalue weighted by Gasteiger charge is -2.24. The Labute approximate surface area is 124 Å². The molecule has 2 unspecified atom stereocenters. The van der Waals surface area contributed by atoms with Crippen LogP contribution in [0, 0.1) is 5.92 Å². The van der Waals surface area contributed by atoms with E-state index in [0.717, 1.165) is 5.56 Å². The number of carboxylic acid groups (broad SMARTS) is 1. The average molecular weight is 313 g/mol. The summed E-state index contributed by atoms with van der Waals surface area (Å²) < 4.78 is 26.3. The summed E-state index contributed by atoms with van der Waals surface area (Å²) in [7, 11) is -2.19. The fourth-order valence-electron chi connectivity index (χ4n) is 2.74. The highest BCUT2D eigenvalue weighted by Crippen LogP contribution is 2.33. The van der Waals surface area contributed by atoms with Gasteiger partial charge in [-0.15, -0.1) is 0 Å². The minimum Gasteiger partial charge on any atom is -0.508 e. The third-order valence-corrected chi connectivity index (χ3v) is 6.26. The fraction of sp³-hybridized carbons (Fsp3) is 0.500. The summed E-state index contributed by atoms with van der Waals surface area (Å²) in [6.07, 6.45) is 1.42. The summed E-state index contributed by atoms with van der Waals surface area (Å²) in [5, 5.41) is 17.5. The molecule has 1 aromatic rings. The van der Waals surface area contributed by atoms with E-state index in [1.54, 1.807) is 12.1 Å². The molecule has 0 spiro atoms. The van der Waals surface area contributed by atoms with Gasteiger partial charge in [0.05, 0.1) is 11.2 Å². The van der Waals surface area contributed by atoms with Gasteiger partial charge in [0.1, 0.15) is 5.75 Å². The van der Waals surface area contributed by atoms with Gasteiger partial charge in [-0.05, 0) is 30.5 Å². The van der Waals surface area contributed by atoms with Crippen LogP contribution in [0.4, 0.5) is 0 Å². The molecule has 2 atom stereocenters. The van der Waals surface area contributed by atoms with E-state index in [2.05, 4.69) is 0 Å². The van der Waals surface area contributed by atoms with Crippen molar-refractivity contribution < 1.29 is 23.4 Å². The highest BCUT2D eigenvalue weighted by Gasteiger charge is 2.43. The maximum Gasteiger partial charge on any atom is 0.307 e. The van der Waals surface area contributed by atoms with Crippen LogP contribution in [0.15, 0.2) is 24.3 Å². The Kier molecular flexibility index (Phi) is 4.53. The van der Waals surface area contributed by atoms with Gasteiger partial charge in [-0.3, -0.25) is 4.79 Å². The van der Waals surface area contributed by atoms with Crippen molar-refractivity contribution in [2.45, 2.75) is 31.1 Å². The molecule has 1 aromatic carbocycles. The second-order valence-electron chi connectivity index (χ2n) is 5.38. The Morgan fingerprint density at radius 2 is 1.90 bits per heavy atom. The van der Waals surface area contributed by atoms with Crippen LogP contribution in [-0.2, 0) is 21.4 Å². The summed E-state index contributed by atoms with van der Waals surface area (Å²) in [6.45, 7) is 0.158. The van der Waals surface area contributed by atoms with Crippen molar-refractivity contribution in [3.8, 4) is 5.75 Å². The molecule has 2 rings (SSSR count). The number of benzene rings is 1. The Balaban J connectivity index is 2.15. The molecule has 0 heterocycles. The van der Waals surface area contributed by atoms with E-state index in [1.165, 1.54) is 23.5 Å². The van der Waals surface area contributed by atoms with Gasteiger partial charge in [0.2, 0.25) is 10.0 Å². The molecule has 1 aliphatic carbocycles. The maximum absolute atomic E-state index is 12.5. The van der Waals surface area contributed by atoms with E-state index >= 15 is 0 Å². The van der Waals surface area contributed by atoms with Gasteiger partial charge in [-0.25, -0.2) is 12.7 Å². The number of rotatable bonds is 5. The lowest BCUT2D eigenvalue weighted by atomic mass is 10.1. The monoisotopic (exact) mass is 313 g/mol. The molecule has 0 radical (unpaired) electrons. The predicted molar refractivity (Wildman–Crippen MR) is 77.3 cm³/mol. The fourth-order valence-corrected chi connectivity index (χ4v) is 4.67. The Hall–Kier alpha value is -1.60. The summed E-state index contributed by atoms with van der Waals surface area (Å²) >= 11 is 0. The molecule has 1 saturated carbocycles. The molecule has 0 aliphatic heterocycles. The van der Waals surface area contributed by atoms with E-state index in [1.807, 2.05) is 0 Å². The second kappa shape index (κ2) is 6.03. The number of phenols is 1. The van der Waals surface area contributed by atoms with Crippen molar-refractivity contribution in [3.05, 3.63) is 29.8 Å². The molecule has 0 bridgehead atoms. The van der Waals surface area contributed by atoms with Crippen LogP contribution in [0.25, 0.3) is 0 Å². The van der Waals surface area contributed by atoms with Crippen molar-refractivity contribution in [1.29, 1.82) is 0 Å². The number of aliphatic carboxylic acids is 1. The zero-order valence-corrected chi connectivity index (χ0v) is 12.6. The van der Waals surface area contributed by atoms with Crippen LogP contribution in [0.3, 0.4) is 0 Å². The van der Waals surface area contributed by atoms with Crippen molar-refractivity contribution in [2.24, 2.45) is 5.92 Å². The van der Waals surface area contributed by atoms with Crippen LogP contribution in [-0.4, -0.2) is 41.2 Å². The summed E-state index contributed by atoms with van der Waals surface area (Å²) in [6, 6.07) is 6.27. The standard InChI is InChI=1S/C14H19NO5S/c1-15(9-10-5-7-11(16)8-6-10)21(19,20)13-4-2-3-12(13)14(17)18/h5-8,12-13,16H,2-4,9H2,1H3,(H,17,18). The number of phenolic OH excluding ortho intramolecular Hbond substituents is 1. The SMILES string of the molecule is CN(Cc1ccc(O)cc1)S(=O)(=O)C1CCCC1C(=O)O. The van der Waals surface area contributed by atoms with Crippen molar-refractivity contribution >= 4 is 16.0 Å². The predicted octanol–water partition coefficient (Wildman–Crippen LogP) is 1.41. The number of nitrogens with zero attached hydrogens (tertiary/aromatic N) is 1. The number of carboxylic acids is 1. The van der Waals surface area contributed by atoms with Gasteiger partial charge in [0.15, 0.2) is 0 Å². The molecule has 1 fully saturated rings. The van der Waals surface area contributed by atoms with Crippen LogP contribution >= 0.6 is 0 Å². The first-order chi connectivity index (χ1) is 9.82. The Morgan fingerprint density at radius 1 is 1.29 bits per heavy atom. The first kappa shape index (κ1) is 15.8. The quantitative estimate of drug-likeness (QED) is 0.857. The topological polar surface area (TPSA) is 94.9 Å². The van der Waals surface area contributed by atoms with Gasteiger partial charge < -0.3 is 10.2 Å². The van der Waals surface area contributed by atoms with E-state index in [-0.39, 0.29) is 12.3 Å². The lowest BCUT2D eigenvalue weighted by Crippen LogP contribution is -2.39. The molecular formula is C14H19NO5S. The minimum atomic E-state index is -3.65. The number of carbonyl (C=O) groups is 1. The Morgan fingerprint density at radius 3 is 2.48 bits per heavy atom. The maximum atomic E-state index is 12.5. The number of hydrogen-bond donors (Lipinski definition) is 2. The van der Waals surface area contributed by atoms with Crippen LogP contribution < -0.4 is 0 Å². The van der Waals surface area contributed by atoms with Crippen LogP contribution in [0.5, 0.6) is 5.75 Å². The first-order valence-corrected chi connectivity index (χ1v) is 8.28. The van der Waals surface area contributed by atoms with Crippen molar-refractivity contribution in [3.63, 3.8) is 0 Å². The molecule has 0 aromatic heterocycles.